The molecule has 1 aromatic rings. The Morgan fingerprint density at radius 2 is 2.14 bits per heavy atom. The first-order chi connectivity index (χ1) is 6.77. The third-order valence-electron chi connectivity index (χ3n) is 2.75. The van der Waals surface area contributed by atoms with Crippen LogP contribution < -0.4 is 5.32 Å². The Labute approximate surface area is 83.4 Å². The molecular formula is C11H15NO2. The summed E-state index contributed by atoms with van der Waals surface area (Å²) in [6, 6.07) is 4.72. The Balaban J connectivity index is 2.24. The summed E-state index contributed by atoms with van der Waals surface area (Å²) in [6.07, 6.45) is 2.20. The second-order valence-corrected chi connectivity index (χ2v) is 3.79. The molecule has 1 aliphatic heterocycles. The molecule has 1 aromatic carbocycles. The van der Waals surface area contributed by atoms with Crippen LogP contribution in [0.2, 0.25) is 0 Å². The number of rotatable bonds is 1. The molecule has 0 radical (unpaired) electrons. The molecule has 76 valence electrons. The number of phenolic OH excluding ortho intramolecular Hbond substituents is 2. The van der Waals surface area contributed by atoms with Gasteiger partial charge in [0.25, 0.3) is 0 Å². The van der Waals surface area contributed by atoms with Crippen LogP contribution in [0.5, 0.6) is 11.5 Å². The van der Waals surface area contributed by atoms with Crippen LogP contribution in [0.4, 0.5) is 0 Å². The number of hydrogen-bond donors (Lipinski definition) is 3. The molecule has 1 atom stereocenters. The Bertz CT molecular complexity index is 319. The van der Waals surface area contributed by atoms with Gasteiger partial charge in [0.05, 0.1) is 0 Å². The first kappa shape index (κ1) is 9.34. The van der Waals surface area contributed by atoms with Gasteiger partial charge in [-0.1, -0.05) is 0 Å². The van der Waals surface area contributed by atoms with Crippen LogP contribution in [0.3, 0.4) is 0 Å². The van der Waals surface area contributed by atoms with E-state index in [4.69, 9.17) is 0 Å². The topological polar surface area (TPSA) is 52.5 Å². The lowest BCUT2D eigenvalue weighted by molar-refractivity contribution is 0.419. The minimum Gasteiger partial charge on any atom is -0.508 e. The SMILES string of the molecule is Oc1ccc(O)c(C2CCCNC2)c1. The molecule has 14 heavy (non-hydrogen) atoms. The van der Waals surface area contributed by atoms with Gasteiger partial charge in [0.1, 0.15) is 11.5 Å². The van der Waals surface area contributed by atoms with Crippen molar-refractivity contribution in [2.45, 2.75) is 18.8 Å². The van der Waals surface area contributed by atoms with E-state index in [0.29, 0.717) is 5.92 Å². The van der Waals surface area contributed by atoms with Crippen molar-refractivity contribution in [2.24, 2.45) is 0 Å². The van der Waals surface area contributed by atoms with E-state index in [0.717, 1.165) is 31.5 Å². The third kappa shape index (κ3) is 1.82. The largest absolute Gasteiger partial charge is 0.508 e. The predicted octanol–water partition coefficient (Wildman–Crippen LogP) is 1.56. The van der Waals surface area contributed by atoms with E-state index in [1.165, 1.54) is 6.07 Å². The Hall–Kier alpha value is -1.22. The molecule has 1 aliphatic rings. The standard InChI is InChI=1S/C11H15NO2/c13-9-3-4-11(14)10(6-9)8-2-1-5-12-7-8/h3-4,6,8,12-14H,1-2,5,7H2. The van der Waals surface area contributed by atoms with E-state index in [1.807, 2.05) is 0 Å². The summed E-state index contributed by atoms with van der Waals surface area (Å²) in [6.45, 7) is 1.94. The molecule has 2 rings (SSSR count). The molecule has 1 unspecified atom stereocenters. The van der Waals surface area contributed by atoms with E-state index in [1.54, 1.807) is 12.1 Å². The zero-order valence-corrected chi connectivity index (χ0v) is 8.03. The van der Waals surface area contributed by atoms with Crippen molar-refractivity contribution in [3.8, 4) is 11.5 Å². The van der Waals surface area contributed by atoms with Gasteiger partial charge in [0, 0.05) is 18.0 Å². The summed E-state index contributed by atoms with van der Waals surface area (Å²) in [5.74, 6) is 0.843. The first-order valence-corrected chi connectivity index (χ1v) is 5.00. The second kappa shape index (κ2) is 3.88. The highest BCUT2D eigenvalue weighted by atomic mass is 16.3. The zero-order valence-electron chi connectivity index (χ0n) is 8.03. The van der Waals surface area contributed by atoms with Crippen molar-refractivity contribution in [1.29, 1.82) is 0 Å². The number of nitrogens with one attached hydrogen (secondary N) is 1. The number of hydrogen-bond acceptors (Lipinski definition) is 3. The molecule has 1 saturated heterocycles. The summed E-state index contributed by atoms with van der Waals surface area (Å²) in [7, 11) is 0. The first-order valence-electron chi connectivity index (χ1n) is 5.00. The minimum absolute atomic E-state index is 0.225. The van der Waals surface area contributed by atoms with Gasteiger partial charge in [-0.2, -0.15) is 0 Å². The maximum Gasteiger partial charge on any atom is 0.119 e. The smallest absolute Gasteiger partial charge is 0.119 e. The van der Waals surface area contributed by atoms with Gasteiger partial charge < -0.3 is 15.5 Å². The van der Waals surface area contributed by atoms with E-state index in [-0.39, 0.29) is 11.5 Å². The average molecular weight is 193 g/mol. The van der Waals surface area contributed by atoms with Crippen molar-refractivity contribution < 1.29 is 10.2 Å². The summed E-state index contributed by atoms with van der Waals surface area (Å²) >= 11 is 0. The predicted molar refractivity (Wildman–Crippen MR) is 54.6 cm³/mol. The third-order valence-corrected chi connectivity index (χ3v) is 2.75. The van der Waals surface area contributed by atoms with Crippen LogP contribution in [0.15, 0.2) is 18.2 Å². The lowest BCUT2D eigenvalue weighted by Gasteiger charge is -2.23. The zero-order chi connectivity index (χ0) is 9.97. The Kier molecular flexibility index (Phi) is 2.59. The summed E-state index contributed by atoms with van der Waals surface area (Å²) < 4.78 is 0. The van der Waals surface area contributed by atoms with Crippen molar-refractivity contribution in [3.63, 3.8) is 0 Å². The molecule has 0 aromatic heterocycles. The molecule has 3 heteroatoms. The quantitative estimate of drug-likeness (QED) is 0.593. The average Bonchev–Trinajstić information content (AvgIpc) is 2.23. The molecule has 1 heterocycles. The van der Waals surface area contributed by atoms with E-state index < -0.39 is 0 Å². The normalized spacial score (nSPS) is 22.1. The molecule has 0 saturated carbocycles. The molecule has 0 aliphatic carbocycles. The van der Waals surface area contributed by atoms with Gasteiger partial charge in [-0.05, 0) is 37.6 Å². The summed E-state index contributed by atoms with van der Waals surface area (Å²) in [5, 5.41) is 22.3. The van der Waals surface area contributed by atoms with Gasteiger partial charge in [-0.3, -0.25) is 0 Å². The van der Waals surface area contributed by atoms with E-state index in [2.05, 4.69) is 5.32 Å². The van der Waals surface area contributed by atoms with E-state index >= 15 is 0 Å². The number of aromatic hydroxyl groups is 2. The molecule has 0 amide bonds. The maximum absolute atomic E-state index is 9.65. The number of benzene rings is 1. The highest BCUT2D eigenvalue weighted by Gasteiger charge is 2.18. The fraction of sp³-hybridized carbons (Fsp3) is 0.455. The maximum atomic E-state index is 9.65. The van der Waals surface area contributed by atoms with Crippen LogP contribution in [-0.4, -0.2) is 23.3 Å². The number of phenols is 2. The highest BCUT2D eigenvalue weighted by molar-refractivity contribution is 5.41. The van der Waals surface area contributed by atoms with Gasteiger partial charge in [-0.15, -0.1) is 0 Å². The van der Waals surface area contributed by atoms with Crippen molar-refractivity contribution in [3.05, 3.63) is 23.8 Å². The summed E-state index contributed by atoms with van der Waals surface area (Å²) in [4.78, 5) is 0. The van der Waals surface area contributed by atoms with Crippen LogP contribution in [0.1, 0.15) is 24.3 Å². The lowest BCUT2D eigenvalue weighted by atomic mass is 9.91. The van der Waals surface area contributed by atoms with Crippen LogP contribution >= 0.6 is 0 Å². The fourth-order valence-electron chi connectivity index (χ4n) is 1.99. The van der Waals surface area contributed by atoms with Crippen molar-refractivity contribution in [2.75, 3.05) is 13.1 Å². The van der Waals surface area contributed by atoms with Gasteiger partial charge in [-0.25, -0.2) is 0 Å². The summed E-state index contributed by atoms with van der Waals surface area (Å²) in [5.41, 5.74) is 0.859. The number of piperidine rings is 1. The minimum atomic E-state index is 0.225. The van der Waals surface area contributed by atoms with Gasteiger partial charge in [0.15, 0.2) is 0 Å². The Morgan fingerprint density at radius 1 is 1.29 bits per heavy atom. The van der Waals surface area contributed by atoms with Gasteiger partial charge >= 0.3 is 0 Å². The highest BCUT2D eigenvalue weighted by Crippen LogP contribution is 2.32. The molecule has 0 spiro atoms. The molecule has 0 bridgehead atoms. The fourth-order valence-corrected chi connectivity index (χ4v) is 1.99. The van der Waals surface area contributed by atoms with Crippen LogP contribution in [0, 0.1) is 0 Å². The second-order valence-electron chi connectivity index (χ2n) is 3.79. The molecular weight excluding hydrogens is 178 g/mol. The van der Waals surface area contributed by atoms with Crippen LogP contribution in [0.25, 0.3) is 0 Å². The van der Waals surface area contributed by atoms with Gasteiger partial charge in [0.2, 0.25) is 0 Å². The van der Waals surface area contributed by atoms with Crippen molar-refractivity contribution >= 4 is 0 Å². The monoisotopic (exact) mass is 193 g/mol. The lowest BCUT2D eigenvalue weighted by Crippen LogP contribution is -2.28. The molecule has 3 N–H and O–H groups in total. The van der Waals surface area contributed by atoms with Crippen molar-refractivity contribution in [1.82, 2.24) is 5.32 Å². The van der Waals surface area contributed by atoms with Crippen LogP contribution in [-0.2, 0) is 0 Å². The molecule has 1 fully saturated rings. The molecule has 3 nitrogen and oxygen atoms in total. The Morgan fingerprint density at radius 3 is 2.86 bits per heavy atom. The van der Waals surface area contributed by atoms with E-state index in [9.17, 15) is 10.2 Å².